The van der Waals surface area contributed by atoms with E-state index in [1.807, 2.05) is 43.5 Å². The van der Waals surface area contributed by atoms with Crippen molar-refractivity contribution in [2.24, 2.45) is 5.73 Å². The highest BCUT2D eigenvalue weighted by Gasteiger charge is 2.19. The van der Waals surface area contributed by atoms with Gasteiger partial charge in [0.05, 0.1) is 0 Å². The van der Waals surface area contributed by atoms with E-state index < -0.39 is 5.54 Å². The fourth-order valence-corrected chi connectivity index (χ4v) is 1.07. The van der Waals surface area contributed by atoms with Crippen molar-refractivity contribution in [1.29, 1.82) is 0 Å². The van der Waals surface area contributed by atoms with Crippen molar-refractivity contribution in [3.63, 3.8) is 0 Å². The first-order valence-electron chi connectivity index (χ1n) is 3.86. The second-order valence-corrected chi connectivity index (χ2v) is 3.10. The first-order valence-corrected chi connectivity index (χ1v) is 3.86. The van der Waals surface area contributed by atoms with Crippen LogP contribution in [0.4, 0.5) is 0 Å². The van der Waals surface area contributed by atoms with E-state index in [9.17, 15) is 4.79 Å². The Balaban J connectivity index is 2.89. The Morgan fingerprint density at radius 3 is 2.50 bits per heavy atom. The molecule has 0 spiro atoms. The Kier molecular flexibility index (Phi) is 2.61. The topological polar surface area (TPSA) is 43.1 Å². The molecule has 0 saturated carbocycles. The van der Waals surface area contributed by atoms with Gasteiger partial charge in [0.2, 0.25) is 6.29 Å². The summed E-state index contributed by atoms with van der Waals surface area (Å²) in [5.74, 6) is 0. The highest BCUT2D eigenvalue weighted by molar-refractivity contribution is 5.53. The Labute approximate surface area is 72.4 Å². The first-order chi connectivity index (χ1) is 5.67. The molecule has 1 aromatic carbocycles. The molecule has 63 valence electrons. The second kappa shape index (κ2) is 3.50. The van der Waals surface area contributed by atoms with Crippen molar-refractivity contribution in [2.45, 2.75) is 18.9 Å². The van der Waals surface area contributed by atoms with Crippen LogP contribution in [0.15, 0.2) is 30.3 Å². The van der Waals surface area contributed by atoms with E-state index in [-0.39, 0.29) is 6.42 Å². The molecule has 0 saturated heterocycles. The van der Waals surface area contributed by atoms with E-state index >= 15 is 0 Å². The number of hydrogen-bond acceptors (Lipinski definition) is 2. The van der Waals surface area contributed by atoms with Gasteiger partial charge in [-0.25, -0.2) is 0 Å². The van der Waals surface area contributed by atoms with Gasteiger partial charge < -0.3 is 5.73 Å². The zero-order valence-corrected chi connectivity index (χ0v) is 7.08. The van der Waals surface area contributed by atoms with Crippen LogP contribution in [0.3, 0.4) is 0 Å². The van der Waals surface area contributed by atoms with E-state index in [2.05, 4.69) is 0 Å². The second-order valence-electron chi connectivity index (χ2n) is 3.10. The minimum absolute atomic E-state index is 0.233. The van der Waals surface area contributed by atoms with Crippen molar-refractivity contribution in [1.82, 2.24) is 0 Å². The predicted octanol–water partition coefficient (Wildman–Crippen LogP) is 1.36. The minimum atomic E-state index is -0.580. The van der Waals surface area contributed by atoms with Crippen LogP contribution in [-0.2, 0) is 10.3 Å². The average molecular weight is 162 g/mol. The van der Waals surface area contributed by atoms with Crippen LogP contribution in [-0.4, -0.2) is 6.29 Å². The Hall–Kier alpha value is -1.15. The molecule has 0 fully saturated rings. The van der Waals surface area contributed by atoms with Gasteiger partial charge in [-0.2, -0.15) is 0 Å². The normalized spacial score (nSPS) is 15.2. The van der Waals surface area contributed by atoms with E-state index in [0.29, 0.717) is 0 Å². The fraction of sp³-hybridized carbons (Fsp3) is 0.300. The summed E-state index contributed by atoms with van der Waals surface area (Å²) < 4.78 is 0. The van der Waals surface area contributed by atoms with Crippen LogP contribution in [0.5, 0.6) is 0 Å². The SMILES string of the molecule is CC(N)(C[C]=O)c1ccccc1. The van der Waals surface area contributed by atoms with Crippen LogP contribution >= 0.6 is 0 Å². The average Bonchev–Trinajstić information content (AvgIpc) is 2.06. The van der Waals surface area contributed by atoms with Gasteiger partial charge in [0.15, 0.2) is 0 Å². The molecule has 0 aromatic heterocycles. The molecule has 0 bridgehead atoms. The maximum absolute atomic E-state index is 10.2. The molecule has 0 aliphatic heterocycles. The molecule has 2 heteroatoms. The largest absolute Gasteiger partial charge is 0.321 e. The Morgan fingerprint density at radius 1 is 1.42 bits per heavy atom. The third-order valence-electron chi connectivity index (χ3n) is 1.87. The highest BCUT2D eigenvalue weighted by Crippen LogP contribution is 2.19. The molecule has 1 atom stereocenters. The maximum atomic E-state index is 10.2. The van der Waals surface area contributed by atoms with Gasteiger partial charge in [-0.3, -0.25) is 4.79 Å². The molecule has 1 radical (unpaired) electrons. The lowest BCUT2D eigenvalue weighted by atomic mass is 9.91. The number of nitrogens with two attached hydrogens (primary N) is 1. The van der Waals surface area contributed by atoms with Crippen LogP contribution < -0.4 is 5.73 Å². The Bertz CT molecular complexity index is 254. The summed E-state index contributed by atoms with van der Waals surface area (Å²) in [5.41, 5.74) is 6.27. The van der Waals surface area contributed by atoms with Gasteiger partial charge in [0.25, 0.3) is 0 Å². The quantitative estimate of drug-likeness (QED) is 0.729. The standard InChI is InChI=1S/C10H12NO/c1-10(11,7-8-12)9-5-3-2-4-6-9/h2-6H,7,11H2,1H3. The molecule has 1 aromatic rings. The third-order valence-corrected chi connectivity index (χ3v) is 1.87. The minimum Gasteiger partial charge on any atom is -0.321 e. The number of carbonyl (C=O) groups excluding carboxylic acids is 1. The summed E-state index contributed by atoms with van der Waals surface area (Å²) >= 11 is 0. The van der Waals surface area contributed by atoms with Gasteiger partial charge in [0.1, 0.15) is 0 Å². The zero-order chi connectivity index (χ0) is 9.03. The molecular weight excluding hydrogens is 150 g/mol. The van der Waals surface area contributed by atoms with Crippen molar-refractivity contribution in [3.05, 3.63) is 35.9 Å². The van der Waals surface area contributed by atoms with Gasteiger partial charge in [-0.15, -0.1) is 0 Å². The summed E-state index contributed by atoms with van der Waals surface area (Å²) in [6, 6.07) is 9.56. The summed E-state index contributed by atoms with van der Waals surface area (Å²) in [6.07, 6.45) is 2.06. The lowest BCUT2D eigenvalue weighted by Crippen LogP contribution is -2.33. The maximum Gasteiger partial charge on any atom is 0.200 e. The lowest BCUT2D eigenvalue weighted by molar-refractivity contribution is 0.481. The number of rotatable bonds is 3. The molecule has 1 unspecified atom stereocenters. The molecule has 0 aliphatic carbocycles. The highest BCUT2D eigenvalue weighted by atomic mass is 16.1. The van der Waals surface area contributed by atoms with Crippen molar-refractivity contribution in [2.75, 3.05) is 0 Å². The van der Waals surface area contributed by atoms with Gasteiger partial charge in [-0.1, -0.05) is 30.3 Å². The summed E-state index contributed by atoms with van der Waals surface area (Å²) in [4.78, 5) is 10.2. The molecular formula is C10H12NO. The third kappa shape index (κ3) is 1.92. The summed E-state index contributed by atoms with van der Waals surface area (Å²) in [6.45, 7) is 1.83. The van der Waals surface area contributed by atoms with Crippen molar-refractivity contribution < 1.29 is 4.79 Å². The van der Waals surface area contributed by atoms with Crippen LogP contribution in [0.1, 0.15) is 18.9 Å². The molecule has 0 amide bonds. The zero-order valence-electron chi connectivity index (χ0n) is 7.08. The van der Waals surface area contributed by atoms with E-state index in [0.717, 1.165) is 5.56 Å². The lowest BCUT2D eigenvalue weighted by Gasteiger charge is -2.21. The van der Waals surface area contributed by atoms with Crippen LogP contribution in [0.2, 0.25) is 0 Å². The summed E-state index contributed by atoms with van der Waals surface area (Å²) in [5, 5.41) is 0. The first kappa shape index (κ1) is 8.94. The van der Waals surface area contributed by atoms with Gasteiger partial charge >= 0.3 is 0 Å². The Morgan fingerprint density at radius 2 is 2.00 bits per heavy atom. The summed E-state index contributed by atoms with van der Waals surface area (Å²) in [7, 11) is 0. The van der Waals surface area contributed by atoms with Crippen LogP contribution in [0, 0.1) is 0 Å². The van der Waals surface area contributed by atoms with Crippen LogP contribution in [0.25, 0.3) is 0 Å². The number of benzene rings is 1. The molecule has 2 N–H and O–H groups in total. The smallest absolute Gasteiger partial charge is 0.200 e. The van der Waals surface area contributed by atoms with E-state index in [4.69, 9.17) is 5.73 Å². The van der Waals surface area contributed by atoms with Gasteiger partial charge in [0, 0.05) is 12.0 Å². The molecule has 0 heterocycles. The molecule has 1 rings (SSSR count). The van der Waals surface area contributed by atoms with Crippen molar-refractivity contribution in [3.8, 4) is 0 Å². The molecule has 0 aliphatic rings. The van der Waals surface area contributed by atoms with E-state index in [1.54, 1.807) is 0 Å². The predicted molar refractivity (Wildman–Crippen MR) is 48.3 cm³/mol. The number of hydrogen-bond donors (Lipinski definition) is 1. The molecule has 12 heavy (non-hydrogen) atoms. The van der Waals surface area contributed by atoms with E-state index in [1.165, 1.54) is 0 Å². The molecule has 2 nitrogen and oxygen atoms in total. The van der Waals surface area contributed by atoms with Gasteiger partial charge in [-0.05, 0) is 12.5 Å². The fourth-order valence-electron chi connectivity index (χ4n) is 1.07. The van der Waals surface area contributed by atoms with Crippen molar-refractivity contribution >= 4 is 6.29 Å². The monoisotopic (exact) mass is 162 g/mol.